The number of aromatic nitrogens is 3. The van der Waals surface area contributed by atoms with E-state index < -0.39 is 0 Å². The summed E-state index contributed by atoms with van der Waals surface area (Å²) in [5, 5.41) is 11.0. The molecule has 0 spiro atoms. The smallest absolute Gasteiger partial charge is 0.277 e. The van der Waals surface area contributed by atoms with E-state index in [1.54, 1.807) is 24.5 Å². The van der Waals surface area contributed by atoms with Crippen LogP contribution in [0.4, 0.5) is 5.69 Å². The Morgan fingerprint density at radius 2 is 1.80 bits per heavy atom. The molecule has 6 nitrogen and oxygen atoms in total. The van der Waals surface area contributed by atoms with Gasteiger partial charge in [0.25, 0.3) is 5.22 Å². The van der Waals surface area contributed by atoms with Crippen LogP contribution in [0, 0.1) is 13.8 Å². The van der Waals surface area contributed by atoms with Crippen molar-refractivity contribution in [3.63, 3.8) is 0 Å². The number of benzene rings is 1. The molecule has 2 aromatic heterocycles. The second-order valence-electron chi connectivity index (χ2n) is 5.63. The molecule has 0 aliphatic heterocycles. The summed E-state index contributed by atoms with van der Waals surface area (Å²) in [6, 6.07) is 9.49. The van der Waals surface area contributed by atoms with Gasteiger partial charge in [-0.25, -0.2) is 0 Å². The first kappa shape index (κ1) is 17.2. The van der Waals surface area contributed by atoms with Crippen molar-refractivity contribution in [3.05, 3.63) is 53.9 Å². The average Bonchev–Trinajstić information content (AvgIpc) is 3.07. The highest BCUT2D eigenvalue weighted by Gasteiger charge is 2.20. The molecule has 128 valence electrons. The highest BCUT2D eigenvalue weighted by atomic mass is 32.2. The van der Waals surface area contributed by atoms with E-state index in [1.165, 1.54) is 11.8 Å². The van der Waals surface area contributed by atoms with Gasteiger partial charge in [-0.2, -0.15) is 0 Å². The minimum Gasteiger partial charge on any atom is -0.411 e. The molecule has 2 heterocycles. The molecule has 25 heavy (non-hydrogen) atoms. The molecule has 1 atom stereocenters. The maximum Gasteiger partial charge on any atom is 0.277 e. The zero-order valence-corrected chi connectivity index (χ0v) is 15.0. The van der Waals surface area contributed by atoms with Crippen molar-refractivity contribution in [2.75, 3.05) is 5.32 Å². The van der Waals surface area contributed by atoms with Gasteiger partial charge in [-0.05, 0) is 44.0 Å². The lowest BCUT2D eigenvalue weighted by atomic mass is 10.1. The van der Waals surface area contributed by atoms with E-state index >= 15 is 0 Å². The Morgan fingerprint density at radius 3 is 2.48 bits per heavy atom. The van der Waals surface area contributed by atoms with E-state index in [1.807, 2.05) is 39.0 Å². The lowest BCUT2D eigenvalue weighted by Gasteiger charge is -2.14. The number of rotatable bonds is 5. The number of para-hydroxylation sites is 1. The third-order valence-corrected chi connectivity index (χ3v) is 4.64. The van der Waals surface area contributed by atoms with Crippen LogP contribution in [0.3, 0.4) is 0 Å². The number of anilines is 1. The highest BCUT2D eigenvalue weighted by molar-refractivity contribution is 8.00. The number of nitrogens with one attached hydrogen (secondary N) is 1. The van der Waals surface area contributed by atoms with Crippen LogP contribution >= 0.6 is 11.8 Å². The van der Waals surface area contributed by atoms with Gasteiger partial charge in [0.2, 0.25) is 11.8 Å². The average molecular weight is 354 g/mol. The van der Waals surface area contributed by atoms with Gasteiger partial charge in [-0.1, -0.05) is 30.0 Å². The van der Waals surface area contributed by atoms with Crippen LogP contribution in [0.1, 0.15) is 18.1 Å². The Kier molecular flexibility index (Phi) is 5.14. The van der Waals surface area contributed by atoms with E-state index in [0.717, 1.165) is 22.4 Å². The van der Waals surface area contributed by atoms with Gasteiger partial charge in [0.05, 0.1) is 5.25 Å². The topological polar surface area (TPSA) is 80.9 Å². The van der Waals surface area contributed by atoms with Crippen LogP contribution in [0.25, 0.3) is 11.5 Å². The van der Waals surface area contributed by atoms with E-state index in [9.17, 15) is 4.79 Å². The minimum absolute atomic E-state index is 0.105. The molecule has 0 fully saturated rings. The second kappa shape index (κ2) is 7.48. The molecule has 3 aromatic rings. The molecule has 1 N–H and O–H groups in total. The quantitative estimate of drug-likeness (QED) is 0.701. The molecule has 7 heteroatoms. The van der Waals surface area contributed by atoms with Crippen LogP contribution in [0.15, 0.2) is 52.4 Å². The Labute approximate surface area is 150 Å². The monoisotopic (exact) mass is 354 g/mol. The zero-order valence-electron chi connectivity index (χ0n) is 14.2. The van der Waals surface area contributed by atoms with Gasteiger partial charge >= 0.3 is 0 Å². The van der Waals surface area contributed by atoms with Crippen LogP contribution in [-0.2, 0) is 4.79 Å². The number of amides is 1. The number of hydrogen-bond acceptors (Lipinski definition) is 6. The van der Waals surface area contributed by atoms with Gasteiger partial charge in [0.1, 0.15) is 0 Å². The van der Waals surface area contributed by atoms with Crippen LogP contribution in [0.2, 0.25) is 0 Å². The van der Waals surface area contributed by atoms with Crippen molar-refractivity contribution < 1.29 is 9.21 Å². The van der Waals surface area contributed by atoms with Crippen molar-refractivity contribution in [3.8, 4) is 11.5 Å². The first-order valence-corrected chi connectivity index (χ1v) is 8.70. The fraction of sp³-hybridized carbons (Fsp3) is 0.222. The standard InChI is InChI=1S/C18H18N4O2S/c1-11-5-4-6-12(2)15(11)20-16(23)13(3)25-18-22-21-17(24-18)14-7-9-19-10-8-14/h4-10,13H,1-3H3,(H,20,23)/t13-/m1/s1. The predicted molar refractivity (Wildman–Crippen MR) is 97.4 cm³/mol. The van der Waals surface area contributed by atoms with E-state index in [2.05, 4.69) is 20.5 Å². The molecule has 0 aliphatic rings. The van der Waals surface area contributed by atoms with Crippen molar-refractivity contribution in [2.45, 2.75) is 31.2 Å². The number of hydrogen-bond donors (Lipinski definition) is 1. The number of nitrogens with zero attached hydrogens (tertiary/aromatic N) is 3. The van der Waals surface area contributed by atoms with Gasteiger partial charge in [0, 0.05) is 23.6 Å². The largest absolute Gasteiger partial charge is 0.411 e. The molecule has 0 aliphatic carbocycles. The molecule has 1 aromatic carbocycles. The van der Waals surface area contributed by atoms with Crippen molar-refractivity contribution in [1.82, 2.24) is 15.2 Å². The lowest BCUT2D eigenvalue weighted by molar-refractivity contribution is -0.115. The zero-order chi connectivity index (χ0) is 17.8. The first-order chi connectivity index (χ1) is 12.0. The third-order valence-electron chi connectivity index (χ3n) is 3.71. The molecule has 0 saturated carbocycles. The molecule has 3 rings (SSSR count). The Balaban J connectivity index is 1.67. The molecule has 0 radical (unpaired) electrons. The van der Waals surface area contributed by atoms with Crippen LogP contribution in [0.5, 0.6) is 0 Å². The van der Waals surface area contributed by atoms with E-state index in [0.29, 0.717) is 11.1 Å². The summed E-state index contributed by atoms with van der Waals surface area (Å²) in [5.74, 6) is 0.304. The van der Waals surface area contributed by atoms with Crippen molar-refractivity contribution in [2.24, 2.45) is 0 Å². The highest BCUT2D eigenvalue weighted by Crippen LogP contribution is 2.27. The number of pyridine rings is 1. The maximum absolute atomic E-state index is 12.5. The van der Waals surface area contributed by atoms with E-state index in [-0.39, 0.29) is 11.2 Å². The van der Waals surface area contributed by atoms with Crippen molar-refractivity contribution in [1.29, 1.82) is 0 Å². The van der Waals surface area contributed by atoms with Crippen LogP contribution < -0.4 is 5.32 Å². The Hall–Kier alpha value is -2.67. The Bertz CT molecular complexity index is 860. The molecule has 0 saturated heterocycles. The molecule has 1 amide bonds. The number of thioether (sulfide) groups is 1. The van der Waals surface area contributed by atoms with Crippen molar-refractivity contribution >= 4 is 23.4 Å². The lowest BCUT2D eigenvalue weighted by Crippen LogP contribution is -2.23. The Morgan fingerprint density at radius 1 is 1.12 bits per heavy atom. The molecular weight excluding hydrogens is 336 g/mol. The summed E-state index contributed by atoms with van der Waals surface area (Å²) >= 11 is 1.23. The number of carbonyl (C=O) groups excluding carboxylic acids is 1. The second-order valence-corrected chi connectivity index (χ2v) is 6.92. The normalized spacial score (nSPS) is 12.0. The number of aryl methyl sites for hydroxylation is 2. The minimum atomic E-state index is -0.371. The van der Waals surface area contributed by atoms with Crippen LogP contribution in [-0.4, -0.2) is 26.3 Å². The SMILES string of the molecule is Cc1cccc(C)c1NC(=O)[C@@H](C)Sc1nnc(-c2ccncc2)o1. The number of carbonyl (C=O) groups is 1. The molecular formula is C18H18N4O2S. The van der Waals surface area contributed by atoms with Gasteiger partial charge in [-0.15, -0.1) is 10.2 Å². The summed E-state index contributed by atoms with van der Waals surface area (Å²) in [5.41, 5.74) is 3.71. The predicted octanol–water partition coefficient (Wildman–Crippen LogP) is 3.87. The summed E-state index contributed by atoms with van der Waals surface area (Å²) in [4.78, 5) is 16.4. The third kappa shape index (κ3) is 4.06. The fourth-order valence-electron chi connectivity index (χ4n) is 2.31. The summed E-state index contributed by atoms with van der Waals surface area (Å²) < 4.78 is 5.62. The fourth-order valence-corrected chi connectivity index (χ4v) is 2.99. The van der Waals surface area contributed by atoms with E-state index in [4.69, 9.17) is 4.42 Å². The molecule has 0 bridgehead atoms. The maximum atomic E-state index is 12.5. The van der Waals surface area contributed by atoms with Gasteiger partial charge in [0.15, 0.2) is 0 Å². The van der Waals surface area contributed by atoms with Gasteiger partial charge in [-0.3, -0.25) is 9.78 Å². The summed E-state index contributed by atoms with van der Waals surface area (Å²) in [6.45, 7) is 5.75. The summed E-state index contributed by atoms with van der Waals surface area (Å²) in [6.07, 6.45) is 3.32. The summed E-state index contributed by atoms with van der Waals surface area (Å²) in [7, 11) is 0. The molecule has 0 unspecified atom stereocenters. The van der Waals surface area contributed by atoms with Gasteiger partial charge < -0.3 is 9.73 Å². The first-order valence-electron chi connectivity index (χ1n) is 7.82.